The van der Waals surface area contributed by atoms with Crippen molar-refractivity contribution in [2.24, 2.45) is 18.1 Å². The molecular formula is C15H20N4O3S2. The maximum absolute atomic E-state index is 12.3. The Balaban J connectivity index is 1.68. The Kier molecular flexibility index (Phi) is 4.75. The third-order valence-electron chi connectivity index (χ3n) is 4.27. The molecule has 9 heteroatoms. The van der Waals surface area contributed by atoms with Gasteiger partial charge in [-0.3, -0.25) is 4.79 Å². The number of nitrogens with zero attached hydrogens (tertiary/aromatic N) is 3. The van der Waals surface area contributed by atoms with Crippen molar-refractivity contribution < 1.29 is 13.2 Å². The molecule has 0 bridgehead atoms. The summed E-state index contributed by atoms with van der Waals surface area (Å²) < 4.78 is 27.5. The molecular weight excluding hydrogens is 348 g/mol. The maximum Gasteiger partial charge on any atom is 0.243 e. The van der Waals surface area contributed by atoms with E-state index in [1.807, 2.05) is 35.9 Å². The first-order chi connectivity index (χ1) is 11.4. The number of carbonyl (C=O) groups excluding carboxylic acids is 1. The Bertz CT molecular complexity index is 922. The third kappa shape index (κ3) is 3.52. The SMILES string of the molecule is Cn1/c(=N\NC(=O)C2CCN(S(C)(=O)=O)CC2)sc2ccccc21. The standard InChI is InChI=1S/C15H20N4O3S2/c1-18-12-5-3-4-6-13(12)23-15(18)17-16-14(20)11-7-9-19(10-8-11)24(2,21)22/h3-6,11H,7-10H2,1-2H3,(H,16,20)/b17-15+. The third-order valence-corrected chi connectivity index (χ3v) is 6.69. The van der Waals surface area contributed by atoms with Gasteiger partial charge in [-0.25, -0.2) is 18.1 Å². The number of nitrogens with one attached hydrogen (secondary N) is 1. The van der Waals surface area contributed by atoms with Gasteiger partial charge in [0.05, 0.1) is 16.5 Å². The van der Waals surface area contributed by atoms with Crippen LogP contribution in [-0.2, 0) is 21.9 Å². The van der Waals surface area contributed by atoms with E-state index in [9.17, 15) is 13.2 Å². The van der Waals surface area contributed by atoms with Crippen molar-refractivity contribution in [3.05, 3.63) is 29.1 Å². The van der Waals surface area contributed by atoms with Crippen LogP contribution in [0, 0.1) is 5.92 Å². The van der Waals surface area contributed by atoms with Crippen LogP contribution >= 0.6 is 11.3 Å². The van der Waals surface area contributed by atoms with Crippen molar-refractivity contribution in [2.45, 2.75) is 12.8 Å². The zero-order valence-corrected chi connectivity index (χ0v) is 15.2. The monoisotopic (exact) mass is 368 g/mol. The molecule has 0 atom stereocenters. The fourth-order valence-electron chi connectivity index (χ4n) is 2.83. The summed E-state index contributed by atoms with van der Waals surface area (Å²) in [6.45, 7) is 0.765. The molecule has 1 aliphatic heterocycles. The number of hydrogen-bond acceptors (Lipinski definition) is 5. The fraction of sp³-hybridized carbons (Fsp3) is 0.467. The van der Waals surface area contributed by atoms with E-state index in [-0.39, 0.29) is 11.8 Å². The van der Waals surface area contributed by atoms with Crippen molar-refractivity contribution in [2.75, 3.05) is 19.3 Å². The summed E-state index contributed by atoms with van der Waals surface area (Å²) in [5, 5.41) is 4.24. The topological polar surface area (TPSA) is 83.8 Å². The van der Waals surface area contributed by atoms with Gasteiger partial charge in [0, 0.05) is 26.1 Å². The van der Waals surface area contributed by atoms with E-state index >= 15 is 0 Å². The minimum absolute atomic E-state index is 0.152. The van der Waals surface area contributed by atoms with Gasteiger partial charge in [0.15, 0.2) is 0 Å². The quantitative estimate of drug-likeness (QED) is 0.815. The van der Waals surface area contributed by atoms with Gasteiger partial charge in [-0.05, 0) is 25.0 Å². The van der Waals surface area contributed by atoms with E-state index < -0.39 is 10.0 Å². The van der Waals surface area contributed by atoms with E-state index in [0.29, 0.717) is 25.9 Å². The number of aromatic nitrogens is 1. The minimum atomic E-state index is -3.17. The lowest BCUT2D eigenvalue weighted by molar-refractivity contribution is -0.126. The average Bonchev–Trinajstić information content (AvgIpc) is 2.88. The second kappa shape index (κ2) is 6.66. The highest BCUT2D eigenvalue weighted by Gasteiger charge is 2.28. The smallest absolute Gasteiger partial charge is 0.243 e. The molecule has 24 heavy (non-hydrogen) atoms. The van der Waals surface area contributed by atoms with Crippen LogP contribution in [0.15, 0.2) is 29.4 Å². The molecule has 130 valence electrons. The number of sulfonamides is 1. The van der Waals surface area contributed by atoms with Crippen LogP contribution in [0.3, 0.4) is 0 Å². The van der Waals surface area contributed by atoms with E-state index in [0.717, 1.165) is 15.0 Å². The van der Waals surface area contributed by atoms with Crippen LogP contribution in [0.25, 0.3) is 10.2 Å². The van der Waals surface area contributed by atoms with Crippen LogP contribution in [-0.4, -0.2) is 42.5 Å². The predicted octanol–water partition coefficient (Wildman–Crippen LogP) is 0.843. The molecule has 7 nitrogen and oxygen atoms in total. The van der Waals surface area contributed by atoms with Gasteiger partial charge < -0.3 is 4.57 Å². The van der Waals surface area contributed by atoms with Crippen molar-refractivity contribution in [1.29, 1.82) is 0 Å². The number of hydrogen-bond donors (Lipinski definition) is 1. The van der Waals surface area contributed by atoms with Gasteiger partial charge in [0.25, 0.3) is 0 Å². The van der Waals surface area contributed by atoms with Gasteiger partial charge in [-0.15, -0.1) is 5.10 Å². The first-order valence-corrected chi connectivity index (χ1v) is 10.4. The number of thiazole rings is 1. The number of para-hydroxylation sites is 1. The second-order valence-corrected chi connectivity index (χ2v) is 8.93. The summed E-state index contributed by atoms with van der Waals surface area (Å²) in [7, 11) is -1.26. The Morgan fingerprint density at radius 2 is 1.96 bits per heavy atom. The molecule has 0 radical (unpaired) electrons. The van der Waals surface area contributed by atoms with Gasteiger partial charge >= 0.3 is 0 Å². The number of fused-ring (bicyclic) bond motifs is 1. The van der Waals surface area contributed by atoms with Gasteiger partial charge in [0.2, 0.25) is 20.7 Å². The maximum atomic E-state index is 12.3. The molecule has 0 unspecified atom stereocenters. The lowest BCUT2D eigenvalue weighted by atomic mass is 9.98. The Hall–Kier alpha value is -1.71. The molecule has 1 N–H and O–H groups in total. The van der Waals surface area contributed by atoms with Crippen LogP contribution in [0.4, 0.5) is 0 Å². The van der Waals surface area contributed by atoms with Crippen LogP contribution in [0.5, 0.6) is 0 Å². The summed E-state index contributed by atoms with van der Waals surface area (Å²) in [6, 6.07) is 7.96. The summed E-state index contributed by atoms with van der Waals surface area (Å²) in [4.78, 5) is 13.0. The van der Waals surface area contributed by atoms with Gasteiger partial charge in [-0.1, -0.05) is 23.5 Å². The highest BCUT2D eigenvalue weighted by Crippen LogP contribution is 2.19. The number of amides is 1. The first kappa shape index (κ1) is 17.1. The van der Waals surface area contributed by atoms with Crippen LogP contribution < -0.4 is 10.2 Å². The fourth-order valence-corrected chi connectivity index (χ4v) is 4.69. The minimum Gasteiger partial charge on any atom is -0.318 e. The zero-order chi connectivity index (χ0) is 17.3. The summed E-state index contributed by atoms with van der Waals surface area (Å²) in [5.41, 5.74) is 3.70. The van der Waals surface area contributed by atoms with E-state index in [1.165, 1.54) is 21.9 Å². The van der Waals surface area contributed by atoms with Gasteiger partial charge in [0.1, 0.15) is 0 Å². The molecule has 0 aliphatic carbocycles. The van der Waals surface area contributed by atoms with Crippen LogP contribution in [0.2, 0.25) is 0 Å². The predicted molar refractivity (Wildman–Crippen MR) is 93.6 cm³/mol. The molecule has 2 aromatic rings. The number of piperidine rings is 1. The van der Waals surface area contributed by atoms with E-state index in [2.05, 4.69) is 10.5 Å². The number of aryl methyl sites for hydroxylation is 1. The first-order valence-electron chi connectivity index (χ1n) is 7.69. The molecule has 3 rings (SSSR count). The largest absolute Gasteiger partial charge is 0.318 e. The van der Waals surface area contributed by atoms with Crippen molar-refractivity contribution in [1.82, 2.24) is 14.3 Å². The Morgan fingerprint density at radius 1 is 1.29 bits per heavy atom. The van der Waals surface area contributed by atoms with Crippen LogP contribution in [0.1, 0.15) is 12.8 Å². The lowest BCUT2D eigenvalue weighted by Crippen LogP contribution is -2.42. The molecule has 0 saturated carbocycles. The Labute approximate surface area is 144 Å². The summed E-state index contributed by atoms with van der Waals surface area (Å²) in [6.07, 6.45) is 2.24. The number of benzene rings is 1. The number of rotatable bonds is 3. The molecule has 0 spiro atoms. The molecule has 1 amide bonds. The zero-order valence-electron chi connectivity index (χ0n) is 13.6. The van der Waals surface area contributed by atoms with Gasteiger partial charge in [-0.2, -0.15) is 0 Å². The lowest BCUT2D eigenvalue weighted by Gasteiger charge is -2.28. The molecule has 2 heterocycles. The molecule has 1 aromatic carbocycles. The Morgan fingerprint density at radius 3 is 2.58 bits per heavy atom. The molecule has 1 saturated heterocycles. The number of carbonyl (C=O) groups is 1. The summed E-state index contributed by atoms with van der Waals surface area (Å²) in [5.74, 6) is -0.355. The molecule has 1 aromatic heterocycles. The second-order valence-electron chi connectivity index (χ2n) is 5.94. The van der Waals surface area contributed by atoms with E-state index in [1.54, 1.807) is 0 Å². The van der Waals surface area contributed by atoms with Crippen molar-refractivity contribution in [3.63, 3.8) is 0 Å². The average molecular weight is 368 g/mol. The highest BCUT2D eigenvalue weighted by molar-refractivity contribution is 7.88. The highest BCUT2D eigenvalue weighted by atomic mass is 32.2. The molecule has 1 fully saturated rings. The normalized spacial score (nSPS) is 18.2. The van der Waals surface area contributed by atoms with Crippen molar-refractivity contribution >= 4 is 37.5 Å². The summed E-state index contributed by atoms with van der Waals surface area (Å²) >= 11 is 1.51. The molecule has 1 aliphatic rings. The van der Waals surface area contributed by atoms with Crippen molar-refractivity contribution in [3.8, 4) is 0 Å². The van der Waals surface area contributed by atoms with E-state index in [4.69, 9.17) is 0 Å².